The number of thiophene rings is 1. The quantitative estimate of drug-likeness (QED) is 0.810. The summed E-state index contributed by atoms with van der Waals surface area (Å²) in [6.45, 7) is 4.43. The molecule has 0 bridgehead atoms. The number of rotatable bonds is 5. The molecule has 0 saturated heterocycles. The Kier molecular flexibility index (Phi) is 5.54. The van der Waals surface area contributed by atoms with Gasteiger partial charge in [-0.25, -0.2) is 0 Å². The summed E-state index contributed by atoms with van der Waals surface area (Å²) < 4.78 is 0. The Morgan fingerprint density at radius 1 is 1.39 bits per heavy atom. The minimum absolute atomic E-state index is 0.180. The fourth-order valence-corrected chi connectivity index (χ4v) is 4.46. The molecule has 1 aliphatic rings. The monoisotopic (exact) mass is 347 g/mol. The summed E-state index contributed by atoms with van der Waals surface area (Å²) in [6, 6.07) is 10.6. The lowest BCUT2D eigenvalue weighted by molar-refractivity contribution is 0.223. The van der Waals surface area contributed by atoms with Crippen LogP contribution in [0.5, 0.6) is 0 Å². The topological polar surface area (TPSA) is 23.5 Å². The maximum atomic E-state index is 9.29. The zero-order valence-electron chi connectivity index (χ0n) is 13.3. The van der Waals surface area contributed by atoms with E-state index >= 15 is 0 Å². The summed E-state index contributed by atoms with van der Waals surface area (Å²) in [4.78, 5) is 3.94. The van der Waals surface area contributed by atoms with Gasteiger partial charge in [-0.15, -0.1) is 11.3 Å². The van der Waals surface area contributed by atoms with E-state index in [4.69, 9.17) is 11.6 Å². The molecule has 0 aliphatic carbocycles. The molecule has 2 aromatic rings. The second kappa shape index (κ2) is 7.63. The van der Waals surface area contributed by atoms with Crippen molar-refractivity contribution in [3.8, 4) is 0 Å². The Morgan fingerprint density at radius 3 is 3.00 bits per heavy atom. The Hall–Kier alpha value is -1.13. The van der Waals surface area contributed by atoms with Gasteiger partial charge < -0.3 is 5.11 Å². The van der Waals surface area contributed by atoms with Gasteiger partial charge in [-0.2, -0.15) is 0 Å². The number of hydrogen-bond donors (Lipinski definition) is 1. The highest BCUT2D eigenvalue weighted by Crippen LogP contribution is 2.44. The van der Waals surface area contributed by atoms with Crippen LogP contribution < -0.4 is 0 Å². The first kappa shape index (κ1) is 16.7. The highest BCUT2D eigenvalue weighted by molar-refractivity contribution is 7.10. The third-order valence-corrected chi connectivity index (χ3v) is 5.37. The molecule has 0 unspecified atom stereocenters. The third-order valence-electron chi connectivity index (χ3n) is 4.23. The zero-order chi connectivity index (χ0) is 16.2. The van der Waals surface area contributed by atoms with Crippen molar-refractivity contribution in [3.63, 3.8) is 0 Å². The molecule has 1 N–H and O–H groups in total. The Morgan fingerprint density at radius 2 is 2.26 bits per heavy atom. The molecule has 1 atom stereocenters. The van der Waals surface area contributed by atoms with Crippen molar-refractivity contribution in [2.75, 3.05) is 13.2 Å². The van der Waals surface area contributed by atoms with Crippen molar-refractivity contribution < 1.29 is 5.11 Å². The predicted octanol–water partition coefficient (Wildman–Crippen LogP) is 5.13. The lowest BCUT2D eigenvalue weighted by Gasteiger charge is -2.38. The standard InChI is InChI=1S/C19H22ClNOS/c1-2-9-21-13-18-16(8-11-23-18)17(7-4-10-22)19(21)14-5-3-6-15(20)12-14/h3,5-8,11-12,19,22H,2,4,9-10,13H2,1H3/b17-7+/t19-/m1/s1. The molecule has 4 heteroatoms. The van der Waals surface area contributed by atoms with Crippen LogP contribution in [0, 0.1) is 0 Å². The van der Waals surface area contributed by atoms with Crippen molar-refractivity contribution >= 4 is 28.5 Å². The molecular formula is C19H22ClNOS. The first-order valence-corrected chi connectivity index (χ1v) is 9.37. The van der Waals surface area contributed by atoms with Crippen LogP contribution in [0.2, 0.25) is 5.02 Å². The van der Waals surface area contributed by atoms with Crippen molar-refractivity contribution in [3.05, 3.63) is 62.8 Å². The highest BCUT2D eigenvalue weighted by Gasteiger charge is 2.31. The van der Waals surface area contributed by atoms with Crippen LogP contribution in [0.25, 0.3) is 5.57 Å². The van der Waals surface area contributed by atoms with Crippen molar-refractivity contribution in [2.24, 2.45) is 0 Å². The number of aliphatic hydroxyl groups is 1. The van der Waals surface area contributed by atoms with Gasteiger partial charge in [0.1, 0.15) is 0 Å². The van der Waals surface area contributed by atoms with Gasteiger partial charge in [0.05, 0.1) is 6.04 Å². The molecule has 0 radical (unpaired) electrons. The minimum Gasteiger partial charge on any atom is -0.396 e. The number of nitrogens with zero attached hydrogens (tertiary/aromatic N) is 1. The van der Waals surface area contributed by atoms with Gasteiger partial charge in [0.2, 0.25) is 0 Å². The van der Waals surface area contributed by atoms with Gasteiger partial charge in [-0.1, -0.05) is 36.7 Å². The minimum atomic E-state index is 0.180. The summed E-state index contributed by atoms with van der Waals surface area (Å²) in [6.07, 6.45) is 3.99. The summed E-state index contributed by atoms with van der Waals surface area (Å²) in [5.74, 6) is 0. The van der Waals surface area contributed by atoms with E-state index in [2.05, 4.69) is 41.5 Å². The fourth-order valence-electron chi connectivity index (χ4n) is 3.34. The van der Waals surface area contributed by atoms with E-state index in [-0.39, 0.29) is 12.6 Å². The van der Waals surface area contributed by atoms with Crippen LogP contribution >= 0.6 is 22.9 Å². The van der Waals surface area contributed by atoms with E-state index in [0.717, 1.165) is 24.5 Å². The molecule has 2 nitrogen and oxygen atoms in total. The van der Waals surface area contributed by atoms with Gasteiger partial charge in [0.25, 0.3) is 0 Å². The molecule has 0 fully saturated rings. The Balaban J connectivity index is 2.09. The number of aliphatic hydroxyl groups excluding tert-OH is 1. The first-order chi connectivity index (χ1) is 11.2. The van der Waals surface area contributed by atoms with Crippen molar-refractivity contribution in [1.82, 2.24) is 4.90 Å². The normalized spacial score (nSPS) is 20.0. The molecule has 1 aromatic heterocycles. The molecule has 23 heavy (non-hydrogen) atoms. The predicted molar refractivity (Wildman–Crippen MR) is 98.9 cm³/mol. The molecule has 3 rings (SSSR count). The molecule has 0 spiro atoms. The summed E-state index contributed by atoms with van der Waals surface area (Å²) >= 11 is 8.07. The number of fused-ring (bicyclic) bond motifs is 1. The van der Waals surface area contributed by atoms with Gasteiger partial charge >= 0.3 is 0 Å². The van der Waals surface area contributed by atoms with Crippen molar-refractivity contribution in [2.45, 2.75) is 32.4 Å². The van der Waals surface area contributed by atoms with E-state index in [1.807, 2.05) is 23.5 Å². The van der Waals surface area contributed by atoms with E-state index in [9.17, 15) is 5.11 Å². The maximum Gasteiger partial charge on any atom is 0.0608 e. The number of benzene rings is 1. The Bertz CT molecular complexity index is 694. The number of halogens is 1. The largest absolute Gasteiger partial charge is 0.396 e. The van der Waals surface area contributed by atoms with E-state index in [1.165, 1.54) is 21.6 Å². The van der Waals surface area contributed by atoms with Crippen LogP contribution in [-0.2, 0) is 6.54 Å². The second-order valence-electron chi connectivity index (χ2n) is 5.86. The van der Waals surface area contributed by atoms with Crippen LogP contribution in [0.15, 0.2) is 41.8 Å². The summed E-state index contributed by atoms with van der Waals surface area (Å²) in [7, 11) is 0. The molecule has 0 amide bonds. The highest BCUT2D eigenvalue weighted by atomic mass is 35.5. The Labute approximate surface area is 147 Å². The summed E-state index contributed by atoms with van der Waals surface area (Å²) in [5.41, 5.74) is 3.87. The van der Waals surface area contributed by atoms with Gasteiger partial charge in [-0.3, -0.25) is 4.90 Å². The summed E-state index contributed by atoms with van der Waals surface area (Å²) in [5, 5.41) is 12.2. The van der Waals surface area contributed by atoms with Gasteiger partial charge in [-0.05, 0) is 59.7 Å². The lowest BCUT2D eigenvalue weighted by Crippen LogP contribution is -2.33. The zero-order valence-corrected chi connectivity index (χ0v) is 14.9. The molecule has 2 heterocycles. The SMILES string of the molecule is CCCN1Cc2sccc2/C(=C\CCO)[C@H]1c1cccc(Cl)c1. The van der Waals surface area contributed by atoms with Crippen LogP contribution in [0.1, 0.15) is 41.8 Å². The molecule has 0 saturated carbocycles. The van der Waals surface area contributed by atoms with Gasteiger partial charge in [0, 0.05) is 23.1 Å². The number of hydrogen-bond acceptors (Lipinski definition) is 3. The smallest absolute Gasteiger partial charge is 0.0608 e. The van der Waals surface area contributed by atoms with Crippen molar-refractivity contribution in [1.29, 1.82) is 0 Å². The molecule has 122 valence electrons. The van der Waals surface area contributed by atoms with Gasteiger partial charge in [0.15, 0.2) is 0 Å². The maximum absolute atomic E-state index is 9.29. The third kappa shape index (κ3) is 3.53. The fraction of sp³-hybridized carbons (Fsp3) is 0.368. The lowest BCUT2D eigenvalue weighted by atomic mass is 9.87. The van der Waals surface area contributed by atoms with Crippen LogP contribution in [0.3, 0.4) is 0 Å². The average molecular weight is 348 g/mol. The molecular weight excluding hydrogens is 326 g/mol. The van der Waals surface area contributed by atoms with E-state index < -0.39 is 0 Å². The molecule has 1 aliphatic heterocycles. The average Bonchev–Trinajstić information content (AvgIpc) is 3.00. The van der Waals surface area contributed by atoms with E-state index in [0.29, 0.717) is 6.42 Å². The van der Waals surface area contributed by atoms with E-state index in [1.54, 1.807) is 0 Å². The molecule has 1 aromatic carbocycles. The second-order valence-corrected chi connectivity index (χ2v) is 7.29. The van der Waals surface area contributed by atoms with Crippen LogP contribution in [0.4, 0.5) is 0 Å². The first-order valence-electron chi connectivity index (χ1n) is 8.11. The van der Waals surface area contributed by atoms with Crippen LogP contribution in [-0.4, -0.2) is 23.2 Å².